The Labute approximate surface area is 234 Å². The Morgan fingerprint density at radius 3 is 2.25 bits per heavy atom. The summed E-state index contributed by atoms with van der Waals surface area (Å²) in [5.74, 6) is 0.677. The molecule has 0 aliphatic carbocycles. The van der Waals surface area contributed by atoms with Crippen LogP contribution in [-0.4, -0.2) is 15.0 Å². The summed E-state index contributed by atoms with van der Waals surface area (Å²) in [6.07, 6.45) is 11.4. The third-order valence-electron chi connectivity index (χ3n) is 6.77. The summed E-state index contributed by atoms with van der Waals surface area (Å²) in [5, 5.41) is 2.48. The van der Waals surface area contributed by atoms with Crippen LogP contribution in [0.2, 0.25) is 0 Å². The van der Waals surface area contributed by atoms with Gasteiger partial charge in [-0.25, -0.2) is 9.97 Å². The minimum Gasteiger partial charge on any atom is -0.264 e. The lowest BCUT2D eigenvalue weighted by Gasteiger charge is -2.11. The van der Waals surface area contributed by atoms with Gasteiger partial charge in [0.25, 0.3) is 0 Å². The van der Waals surface area contributed by atoms with E-state index in [1.807, 2.05) is 73.0 Å². The molecule has 0 amide bonds. The van der Waals surface area contributed by atoms with Crippen molar-refractivity contribution in [2.75, 3.05) is 0 Å². The SMILES string of the molecule is C=C/C=C(\C=C\c1cccnc1)c1cc(-c2ccc(-c3cccc4ccccc34)cc2)nc(-c2ccccc2)n1. The van der Waals surface area contributed by atoms with Gasteiger partial charge in [-0.05, 0) is 39.6 Å². The molecule has 6 aromatic rings. The third kappa shape index (κ3) is 5.40. The summed E-state index contributed by atoms with van der Waals surface area (Å²) in [6.45, 7) is 3.94. The average Bonchev–Trinajstić information content (AvgIpc) is 3.03. The van der Waals surface area contributed by atoms with E-state index in [4.69, 9.17) is 9.97 Å². The molecule has 2 heterocycles. The molecule has 40 heavy (non-hydrogen) atoms. The first-order valence-corrected chi connectivity index (χ1v) is 13.2. The standard InChI is InChI=1S/C37H27N3/c1-2-10-30(19-18-27-11-9-24-38-26-27)35-25-36(40-37(39-35)32-13-4-3-5-14-32)31-22-20-29(21-23-31)34-17-8-15-28-12-6-7-16-33(28)34/h2-26H,1H2/b19-18+,30-10+. The minimum absolute atomic E-state index is 0.677. The van der Waals surface area contributed by atoms with Crippen LogP contribution in [0.3, 0.4) is 0 Å². The maximum absolute atomic E-state index is 4.99. The number of fused-ring (bicyclic) bond motifs is 1. The minimum atomic E-state index is 0.677. The van der Waals surface area contributed by atoms with Gasteiger partial charge in [-0.3, -0.25) is 4.98 Å². The molecule has 0 N–H and O–H groups in total. The van der Waals surface area contributed by atoms with Crippen molar-refractivity contribution in [2.24, 2.45) is 0 Å². The van der Waals surface area contributed by atoms with E-state index >= 15 is 0 Å². The Morgan fingerprint density at radius 1 is 0.675 bits per heavy atom. The predicted molar refractivity (Wildman–Crippen MR) is 167 cm³/mol. The summed E-state index contributed by atoms with van der Waals surface area (Å²) in [4.78, 5) is 14.2. The van der Waals surface area contributed by atoms with Gasteiger partial charge in [-0.15, -0.1) is 0 Å². The van der Waals surface area contributed by atoms with Crippen molar-refractivity contribution in [2.45, 2.75) is 0 Å². The lowest BCUT2D eigenvalue weighted by Crippen LogP contribution is -1.98. The van der Waals surface area contributed by atoms with Gasteiger partial charge in [0.2, 0.25) is 0 Å². The molecule has 0 bridgehead atoms. The number of hydrogen-bond donors (Lipinski definition) is 0. The number of aromatic nitrogens is 3. The van der Waals surface area contributed by atoms with Crippen LogP contribution in [0.25, 0.3) is 56.2 Å². The van der Waals surface area contributed by atoms with Gasteiger partial charge in [0.1, 0.15) is 0 Å². The monoisotopic (exact) mass is 513 g/mol. The van der Waals surface area contributed by atoms with Gasteiger partial charge in [-0.2, -0.15) is 0 Å². The number of benzene rings is 4. The molecule has 4 aromatic carbocycles. The lowest BCUT2D eigenvalue weighted by molar-refractivity contribution is 1.16. The Morgan fingerprint density at radius 2 is 1.45 bits per heavy atom. The zero-order valence-electron chi connectivity index (χ0n) is 22.0. The second-order valence-electron chi connectivity index (χ2n) is 9.41. The Hall–Kier alpha value is -5.41. The molecule has 6 rings (SSSR count). The fourth-order valence-electron chi connectivity index (χ4n) is 4.77. The van der Waals surface area contributed by atoms with Gasteiger partial charge < -0.3 is 0 Å². The Bertz CT molecular complexity index is 1830. The van der Waals surface area contributed by atoms with Gasteiger partial charge in [-0.1, -0.05) is 134 Å². The van der Waals surface area contributed by atoms with Crippen LogP contribution in [0.5, 0.6) is 0 Å². The lowest BCUT2D eigenvalue weighted by atomic mass is 9.97. The summed E-state index contributed by atoms with van der Waals surface area (Å²) in [5.41, 5.74) is 8.01. The van der Waals surface area contributed by atoms with Gasteiger partial charge >= 0.3 is 0 Å². The van der Waals surface area contributed by atoms with E-state index < -0.39 is 0 Å². The van der Waals surface area contributed by atoms with Crippen molar-refractivity contribution in [1.82, 2.24) is 15.0 Å². The van der Waals surface area contributed by atoms with Gasteiger partial charge in [0, 0.05) is 29.1 Å². The Kier molecular flexibility index (Phi) is 7.19. The number of hydrogen-bond acceptors (Lipinski definition) is 3. The zero-order valence-corrected chi connectivity index (χ0v) is 22.0. The zero-order chi connectivity index (χ0) is 27.1. The topological polar surface area (TPSA) is 38.7 Å². The molecule has 0 unspecified atom stereocenters. The Balaban J connectivity index is 1.43. The molecule has 0 atom stereocenters. The molecule has 3 heteroatoms. The van der Waals surface area contributed by atoms with Gasteiger partial charge in [0.05, 0.1) is 11.4 Å². The normalized spacial score (nSPS) is 11.7. The number of pyridine rings is 1. The molecule has 0 aliphatic rings. The smallest absolute Gasteiger partial charge is 0.160 e. The molecule has 0 spiro atoms. The molecule has 190 valence electrons. The van der Waals surface area contributed by atoms with Crippen LogP contribution in [-0.2, 0) is 0 Å². The molecule has 0 aliphatic heterocycles. The van der Waals surface area contributed by atoms with Crippen molar-refractivity contribution in [3.63, 3.8) is 0 Å². The second kappa shape index (κ2) is 11.5. The summed E-state index contributed by atoms with van der Waals surface area (Å²) >= 11 is 0. The first-order chi connectivity index (χ1) is 19.8. The van der Waals surface area contributed by atoms with E-state index in [0.717, 1.165) is 33.7 Å². The fraction of sp³-hybridized carbons (Fsp3) is 0. The first-order valence-electron chi connectivity index (χ1n) is 13.2. The first kappa shape index (κ1) is 24.9. The molecular weight excluding hydrogens is 486 g/mol. The summed E-state index contributed by atoms with van der Waals surface area (Å²) in [6, 6.07) is 39.6. The predicted octanol–water partition coefficient (Wildman–Crippen LogP) is 9.31. The van der Waals surface area contributed by atoms with Crippen molar-refractivity contribution in [3.8, 4) is 33.8 Å². The third-order valence-corrected chi connectivity index (χ3v) is 6.77. The van der Waals surface area contributed by atoms with E-state index in [1.165, 1.54) is 21.9 Å². The van der Waals surface area contributed by atoms with Crippen LogP contribution in [0.15, 0.2) is 152 Å². The molecular formula is C37H27N3. The van der Waals surface area contributed by atoms with Crippen LogP contribution in [0.4, 0.5) is 0 Å². The highest BCUT2D eigenvalue weighted by Crippen LogP contribution is 2.31. The maximum atomic E-state index is 4.99. The van der Waals surface area contributed by atoms with Crippen molar-refractivity contribution >= 4 is 22.4 Å². The maximum Gasteiger partial charge on any atom is 0.160 e. The van der Waals surface area contributed by atoms with E-state index in [-0.39, 0.29) is 0 Å². The van der Waals surface area contributed by atoms with Gasteiger partial charge in [0.15, 0.2) is 5.82 Å². The fourth-order valence-corrected chi connectivity index (χ4v) is 4.77. The quantitative estimate of drug-likeness (QED) is 0.200. The van der Waals surface area contributed by atoms with Crippen LogP contribution < -0.4 is 0 Å². The average molecular weight is 514 g/mol. The molecule has 0 fully saturated rings. The summed E-state index contributed by atoms with van der Waals surface area (Å²) in [7, 11) is 0. The van der Waals surface area contributed by atoms with Crippen molar-refractivity contribution in [1.29, 1.82) is 0 Å². The number of nitrogens with zero attached hydrogens (tertiary/aromatic N) is 3. The second-order valence-corrected chi connectivity index (χ2v) is 9.41. The molecule has 0 radical (unpaired) electrons. The molecule has 0 saturated carbocycles. The van der Waals surface area contributed by atoms with Crippen LogP contribution in [0, 0.1) is 0 Å². The van der Waals surface area contributed by atoms with E-state index in [1.54, 1.807) is 12.3 Å². The van der Waals surface area contributed by atoms with Crippen LogP contribution >= 0.6 is 0 Å². The van der Waals surface area contributed by atoms with E-state index in [2.05, 4.69) is 78.3 Å². The largest absolute Gasteiger partial charge is 0.264 e. The number of allylic oxidation sites excluding steroid dienone is 4. The van der Waals surface area contributed by atoms with E-state index in [9.17, 15) is 0 Å². The molecule has 3 nitrogen and oxygen atoms in total. The van der Waals surface area contributed by atoms with E-state index in [0.29, 0.717) is 5.82 Å². The van der Waals surface area contributed by atoms with Crippen molar-refractivity contribution in [3.05, 3.63) is 164 Å². The molecule has 0 saturated heterocycles. The summed E-state index contributed by atoms with van der Waals surface area (Å²) < 4.78 is 0. The van der Waals surface area contributed by atoms with Crippen LogP contribution in [0.1, 0.15) is 11.3 Å². The molecule has 2 aromatic heterocycles. The highest BCUT2D eigenvalue weighted by atomic mass is 14.9. The van der Waals surface area contributed by atoms with Crippen molar-refractivity contribution < 1.29 is 0 Å². The highest BCUT2D eigenvalue weighted by molar-refractivity contribution is 5.96. The highest BCUT2D eigenvalue weighted by Gasteiger charge is 2.12. The number of rotatable bonds is 7.